The van der Waals surface area contributed by atoms with Gasteiger partial charge in [-0.3, -0.25) is 14.5 Å². The number of thioether (sulfide) groups is 1. The summed E-state index contributed by atoms with van der Waals surface area (Å²) in [7, 11) is 0. The Kier molecular flexibility index (Phi) is 7.59. The van der Waals surface area contributed by atoms with E-state index in [0.29, 0.717) is 22.3 Å². The number of rotatable bonds is 7. The molecule has 1 atom stereocenters. The molecule has 0 aromatic heterocycles. The van der Waals surface area contributed by atoms with Gasteiger partial charge in [0.25, 0.3) is 0 Å². The molecule has 0 radical (unpaired) electrons. The summed E-state index contributed by atoms with van der Waals surface area (Å²) in [5.74, 6) is -1.49. The van der Waals surface area contributed by atoms with Crippen molar-refractivity contribution in [3.63, 3.8) is 0 Å². The third kappa shape index (κ3) is 6.01. The van der Waals surface area contributed by atoms with Gasteiger partial charge in [-0.25, -0.2) is 13.8 Å². The van der Waals surface area contributed by atoms with Crippen LogP contribution >= 0.6 is 23.4 Å². The second-order valence-corrected chi connectivity index (χ2v) is 9.19. The van der Waals surface area contributed by atoms with Crippen molar-refractivity contribution in [2.45, 2.75) is 18.1 Å². The molecule has 0 unspecified atom stereocenters. The van der Waals surface area contributed by atoms with E-state index in [9.17, 15) is 18.4 Å². The van der Waals surface area contributed by atoms with E-state index in [4.69, 9.17) is 11.6 Å². The summed E-state index contributed by atoms with van der Waals surface area (Å²) in [4.78, 5) is 31.6. The van der Waals surface area contributed by atoms with Crippen LogP contribution in [0.3, 0.4) is 0 Å². The highest BCUT2D eigenvalue weighted by Gasteiger charge is 2.39. The first-order valence-electron chi connectivity index (χ1n) is 10.5. The van der Waals surface area contributed by atoms with E-state index in [0.717, 1.165) is 17.3 Å². The van der Waals surface area contributed by atoms with Gasteiger partial charge in [-0.2, -0.15) is 0 Å². The van der Waals surface area contributed by atoms with Crippen LogP contribution in [-0.2, 0) is 16.0 Å². The van der Waals surface area contributed by atoms with Gasteiger partial charge in [-0.1, -0.05) is 53.7 Å². The first kappa shape index (κ1) is 23.9. The van der Waals surface area contributed by atoms with Crippen molar-refractivity contribution < 1.29 is 18.4 Å². The molecule has 0 saturated carbocycles. The van der Waals surface area contributed by atoms with E-state index in [1.54, 1.807) is 48.5 Å². The molecule has 3 aromatic carbocycles. The molecule has 0 bridgehead atoms. The highest BCUT2D eigenvalue weighted by atomic mass is 35.5. The molecular weight excluding hydrogens is 480 g/mol. The van der Waals surface area contributed by atoms with Crippen LogP contribution in [0.2, 0.25) is 5.02 Å². The molecule has 0 spiro atoms. The summed E-state index contributed by atoms with van der Waals surface area (Å²) in [6, 6.07) is 18.7. The Morgan fingerprint density at radius 2 is 1.82 bits per heavy atom. The Hall–Kier alpha value is -3.23. The van der Waals surface area contributed by atoms with Gasteiger partial charge in [0.15, 0.2) is 5.17 Å². The van der Waals surface area contributed by atoms with Crippen molar-refractivity contribution in [3.8, 4) is 0 Å². The number of benzene rings is 3. The molecule has 9 heteroatoms. The maximum Gasteiger partial charge on any atom is 0.242 e. The molecule has 1 saturated heterocycles. The van der Waals surface area contributed by atoms with Crippen molar-refractivity contribution in [2.24, 2.45) is 4.99 Å². The van der Waals surface area contributed by atoms with Crippen molar-refractivity contribution in [1.29, 1.82) is 0 Å². The molecule has 1 aliphatic rings. The lowest BCUT2D eigenvalue weighted by molar-refractivity contribution is -0.128. The number of halogens is 3. The zero-order chi connectivity index (χ0) is 24.1. The van der Waals surface area contributed by atoms with Crippen LogP contribution in [0.15, 0.2) is 77.8 Å². The van der Waals surface area contributed by atoms with Crippen LogP contribution in [0.4, 0.5) is 20.2 Å². The molecule has 5 nitrogen and oxygen atoms in total. The number of aliphatic imine (C=N–C) groups is 1. The van der Waals surface area contributed by atoms with E-state index in [-0.39, 0.29) is 36.3 Å². The lowest BCUT2D eigenvalue weighted by atomic mass is 10.1. The van der Waals surface area contributed by atoms with Gasteiger partial charge in [-0.05, 0) is 54.4 Å². The van der Waals surface area contributed by atoms with E-state index >= 15 is 0 Å². The van der Waals surface area contributed by atoms with Gasteiger partial charge in [0, 0.05) is 23.7 Å². The first-order valence-corrected chi connectivity index (χ1v) is 11.8. The number of hydrogen-bond acceptors (Lipinski definition) is 4. The SMILES string of the molecule is O=C(C[C@@H]1SC(=Nc2ccccc2F)N(CCc2ccc(F)cc2)C1=O)Nc1cccc(Cl)c1. The Morgan fingerprint density at radius 3 is 2.56 bits per heavy atom. The zero-order valence-electron chi connectivity index (χ0n) is 17.9. The van der Waals surface area contributed by atoms with Gasteiger partial charge in [-0.15, -0.1) is 0 Å². The third-order valence-corrected chi connectivity index (χ3v) is 6.52. The molecule has 2 amide bonds. The Balaban J connectivity index is 1.52. The summed E-state index contributed by atoms with van der Waals surface area (Å²) >= 11 is 7.08. The fraction of sp³-hybridized carbons (Fsp3) is 0.160. The Labute approximate surface area is 204 Å². The van der Waals surface area contributed by atoms with Crippen LogP contribution in [-0.4, -0.2) is 33.7 Å². The van der Waals surface area contributed by atoms with Crippen molar-refractivity contribution in [1.82, 2.24) is 4.90 Å². The van der Waals surface area contributed by atoms with Gasteiger partial charge in [0.2, 0.25) is 11.8 Å². The first-order chi connectivity index (χ1) is 16.4. The highest BCUT2D eigenvalue weighted by Crippen LogP contribution is 2.33. The highest BCUT2D eigenvalue weighted by molar-refractivity contribution is 8.15. The average molecular weight is 500 g/mol. The molecule has 1 heterocycles. The van der Waals surface area contributed by atoms with E-state index in [2.05, 4.69) is 10.3 Å². The standard InChI is InChI=1S/C25H20ClF2N3O2S/c26-17-4-3-5-19(14-17)29-23(32)15-22-24(33)31(13-12-16-8-10-18(27)11-9-16)25(34-22)30-21-7-2-1-6-20(21)28/h1-11,14,22H,12-13,15H2,(H,29,32)/t22-/m0/s1. The average Bonchev–Trinajstić information content (AvgIpc) is 3.09. The van der Waals surface area contributed by atoms with Crippen molar-refractivity contribution >= 4 is 51.7 Å². The maximum absolute atomic E-state index is 14.2. The van der Waals surface area contributed by atoms with Crippen LogP contribution < -0.4 is 5.32 Å². The fourth-order valence-electron chi connectivity index (χ4n) is 3.41. The van der Waals surface area contributed by atoms with Gasteiger partial charge >= 0.3 is 0 Å². The van der Waals surface area contributed by atoms with Crippen molar-refractivity contribution in [2.75, 3.05) is 11.9 Å². The number of carbonyl (C=O) groups is 2. The number of amidine groups is 1. The molecule has 174 valence electrons. The molecule has 3 aromatic rings. The number of hydrogen-bond donors (Lipinski definition) is 1. The summed E-state index contributed by atoms with van der Waals surface area (Å²) in [5, 5.41) is 2.83. The Bertz CT molecular complexity index is 1240. The molecule has 34 heavy (non-hydrogen) atoms. The summed E-state index contributed by atoms with van der Waals surface area (Å²) in [6.07, 6.45) is 0.365. The molecule has 1 N–H and O–H groups in total. The van der Waals surface area contributed by atoms with Crippen LogP contribution in [0.25, 0.3) is 0 Å². The second kappa shape index (κ2) is 10.8. The fourth-order valence-corrected chi connectivity index (χ4v) is 4.78. The largest absolute Gasteiger partial charge is 0.326 e. The minimum atomic E-state index is -0.710. The molecular formula is C25H20ClF2N3O2S. The summed E-state index contributed by atoms with van der Waals surface area (Å²) < 4.78 is 27.4. The number of nitrogens with zero attached hydrogens (tertiary/aromatic N) is 2. The maximum atomic E-state index is 14.2. The minimum absolute atomic E-state index is 0.0840. The molecule has 4 rings (SSSR count). The lowest BCUT2D eigenvalue weighted by Gasteiger charge is -2.16. The van der Waals surface area contributed by atoms with E-state index < -0.39 is 11.1 Å². The summed E-state index contributed by atoms with van der Waals surface area (Å²) in [5.41, 5.74) is 1.47. The van der Waals surface area contributed by atoms with Crippen molar-refractivity contribution in [3.05, 3.63) is 95.0 Å². The summed E-state index contributed by atoms with van der Waals surface area (Å²) in [6.45, 7) is 0.261. The zero-order valence-corrected chi connectivity index (χ0v) is 19.5. The lowest BCUT2D eigenvalue weighted by Crippen LogP contribution is -2.35. The van der Waals surface area contributed by atoms with Crippen LogP contribution in [0.5, 0.6) is 0 Å². The monoisotopic (exact) mass is 499 g/mol. The minimum Gasteiger partial charge on any atom is -0.326 e. The van der Waals surface area contributed by atoms with Crippen LogP contribution in [0, 0.1) is 11.6 Å². The van der Waals surface area contributed by atoms with Crippen LogP contribution in [0.1, 0.15) is 12.0 Å². The number of amides is 2. The predicted octanol–water partition coefficient (Wildman–Crippen LogP) is 5.82. The topological polar surface area (TPSA) is 61.8 Å². The molecule has 1 aliphatic heterocycles. The predicted molar refractivity (Wildman–Crippen MR) is 131 cm³/mol. The van der Waals surface area contributed by atoms with Gasteiger partial charge in [0.1, 0.15) is 22.6 Å². The number of carbonyl (C=O) groups excluding carboxylic acids is 2. The molecule has 1 fully saturated rings. The van der Waals surface area contributed by atoms with E-state index in [1.807, 2.05) is 0 Å². The quantitative estimate of drug-likeness (QED) is 0.445. The normalized spacial score (nSPS) is 16.8. The Morgan fingerprint density at radius 1 is 1.06 bits per heavy atom. The van der Waals surface area contributed by atoms with E-state index in [1.165, 1.54) is 29.2 Å². The van der Waals surface area contributed by atoms with Gasteiger partial charge in [0.05, 0.1) is 0 Å². The smallest absolute Gasteiger partial charge is 0.242 e. The number of anilines is 1. The third-order valence-electron chi connectivity index (χ3n) is 5.11. The molecule has 0 aliphatic carbocycles. The number of nitrogens with one attached hydrogen (secondary N) is 1. The number of para-hydroxylation sites is 1. The second-order valence-electron chi connectivity index (χ2n) is 7.58. The van der Waals surface area contributed by atoms with Gasteiger partial charge < -0.3 is 5.32 Å².